The number of nitrogens with one attached hydrogen (secondary N) is 1. The van der Waals surface area contributed by atoms with E-state index in [2.05, 4.69) is 14.8 Å². The van der Waals surface area contributed by atoms with E-state index in [1.54, 1.807) is 6.92 Å². The van der Waals surface area contributed by atoms with Crippen LogP contribution in [0.25, 0.3) is 0 Å². The van der Waals surface area contributed by atoms with Gasteiger partial charge in [0.1, 0.15) is 6.04 Å². The van der Waals surface area contributed by atoms with Crippen LogP contribution in [-0.4, -0.2) is 38.1 Å². The Morgan fingerprint density at radius 3 is 2.19 bits per heavy atom. The molecule has 1 N–H and O–H groups in total. The fourth-order valence-electron chi connectivity index (χ4n) is 1.05. The third-order valence-electron chi connectivity index (χ3n) is 2.01. The Morgan fingerprint density at radius 1 is 1.12 bits per heavy atom. The van der Waals surface area contributed by atoms with Crippen LogP contribution in [-0.2, 0) is 23.9 Å². The first-order valence-corrected chi connectivity index (χ1v) is 4.99. The number of hydrogen-bond donors (Lipinski definition) is 1. The monoisotopic (exact) mass is 231 g/mol. The maximum atomic E-state index is 11.3. The van der Waals surface area contributed by atoms with Gasteiger partial charge in [0.15, 0.2) is 0 Å². The molecule has 0 saturated carbocycles. The van der Waals surface area contributed by atoms with Gasteiger partial charge in [0, 0.05) is 6.42 Å². The first-order chi connectivity index (χ1) is 7.54. The van der Waals surface area contributed by atoms with Crippen molar-refractivity contribution in [1.82, 2.24) is 5.32 Å². The Morgan fingerprint density at radius 2 is 1.75 bits per heavy atom. The number of ether oxygens (including phenoxy) is 2. The molecule has 0 rings (SSSR count). The summed E-state index contributed by atoms with van der Waals surface area (Å²) in [6, 6.07) is -0.657. The summed E-state index contributed by atoms with van der Waals surface area (Å²) in [5.41, 5.74) is 0. The zero-order valence-corrected chi connectivity index (χ0v) is 9.74. The second-order valence-corrected chi connectivity index (χ2v) is 3.13. The average Bonchev–Trinajstić information content (AvgIpc) is 2.31. The zero-order valence-electron chi connectivity index (χ0n) is 9.74. The highest BCUT2D eigenvalue weighted by Crippen LogP contribution is 1.97. The van der Waals surface area contributed by atoms with Crippen LogP contribution >= 0.6 is 0 Å². The SMILES string of the molecule is CC[C@H](NC(=O)CCC(=O)OC)C(=O)OC. The summed E-state index contributed by atoms with van der Waals surface area (Å²) >= 11 is 0. The van der Waals surface area contributed by atoms with E-state index in [0.717, 1.165) is 0 Å². The fourth-order valence-corrected chi connectivity index (χ4v) is 1.05. The molecule has 0 unspecified atom stereocenters. The highest BCUT2D eigenvalue weighted by Gasteiger charge is 2.19. The molecule has 0 saturated heterocycles. The van der Waals surface area contributed by atoms with Crippen molar-refractivity contribution < 1.29 is 23.9 Å². The quantitative estimate of drug-likeness (QED) is 0.651. The van der Waals surface area contributed by atoms with E-state index in [4.69, 9.17) is 0 Å². The number of esters is 2. The lowest BCUT2D eigenvalue weighted by Gasteiger charge is -2.13. The van der Waals surface area contributed by atoms with Crippen LogP contribution in [0.15, 0.2) is 0 Å². The third kappa shape index (κ3) is 5.33. The minimum absolute atomic E-state index is 0.0000593. The van der Waals surface area contributed by atoms with Gasteiger partial charge in [-0.05, 0) is 6.42 Å². The predicted octanol–water partition coefficient (Wildman–Crippen LogP) is 0.00740. The van der Waals surface area contributed by atoms with Crippen molar-refractivity contribution in [3.63, 3.8) is 0 Å². The largest absolute Gasteiger partial charge is 0.469 e. The van der Waals surface area contributed by atoms with Crippen LogP contribution in [0.4, 0.5) is 0 Å². The molecule has 0 spiro atoms. The molecule has 0 fully saturated rings. The summed E-state index contributed by atoms with van der Waals surface area (Å²) in [7, 11) is 2.51. The Hall–Kier alpha value is -1.59. The molecular formula is C10H17NO5. The molecule has 0 radical (unpaired) electrons. The smallest absolute Gasteiger partial charge is 0.328 e. The molecule has 0 aromatic heterocycles. The van der Waals surface area contributed by atoms with Crippen molar-refractivity contribution >= 4 is 17.8 Å². The van der Waals surface area contributed by atoms with Crippen molar-refractivity contribution in [2.75, 3.05) is 14.2 Å². The van der Waals surface area contributed by atoms with Gasteiger partial charge in [0.2, 0.25) is 5.91 Å². The van der Waals surface area contributed by atoms with E-state index in [9.17, 15) is 14.4 Å². The Bertz CT molecular complexity index is 264. The molecule has 0 heterocycles. The van der Waals surface area contributed by atoms with Gasteiger partial charge in [-0.2, -0.15) is 0 Å². The number of carbonyl (C=O) groups is 3. The molecule has 92 valence electrons. The minimum atomic E-state index is -0.657. The predicted molar refractivity (Wildman–Crippen MR) is 55.5 cm³/mol. The molecule has 16 heavy (non-hydrogen) atoms. The average molecular weight is 231 g/mol. The lowest BCUT2D eigenvalue weighted by atomic mass is 10.2. The normalized spacial score (nSPS) is 11.4. The second kappa shape index (κ2) is 7.67. The number of amides is 1. The second-order valence-electron chi connectivity index (χ2n) is 3.13. The first-order valence-electron chi connectivity index (χ1n) is 4.99. The summed E-state index contributed by atoms with van der Waals surface area (Å²) < 4.78 is 8.90. The van der Waals surface area contributed by atoms with Crippen LogP contribution < -0.4 is 5.32 Å². The third-order valence-corrected chi connectivity index (χ3v) is 2.01. The van der Waals surface area contributed by atoms with Crippen molar-refractivity contribution in [2.45, 2.75) is 32.2 Å². The van der Waals surface area contributed by atoms with Gasteiger partial charge in [-0.1, -0.05) is 6.92 Å². The molecule has 0 aromatic rings. The molecule has 6 nitrogen and oxygen atoms in total. The van der Waals surface area contributed by atoms with Gasteiger partial charge >= 0.3 is 11.9 Å². The highest BCUT2D eigenvalue weighted by molar-refractivity contribution is 5.86. The van der Waals surface area contributed by atoms with E-state index in [-0.39, 0.29) is 18.7 Å². The molecule has 0 bridgehead atoms. The van der Waals surface area contributed by atoms with E-state index >= 15 is 0 Å². The molecule has 0 aliphatic rings. The molecular weight excluding hydrogens is 214 g/mol. The summed E-state index contributed by atoms with van der Waals surface area (Å²) in [4.78, 5) is 33.2. The number of methoxy groups -OCH3 is 2. The highest BCUT2D eigenvalue weighted by atomic mass is 16.5. The van der Waals surface area contributed by atoms with Crippen LogP contribution in [0.1, 0.15) is 26.2 Å². The first kappa shape index (κ1) is 14.4. The fraction of sp³-hybridized carbons (Fsp3) is 0.700. The van der Waals surface area contributed by atoms with Crippen LogP contribution in [0.5, 0.6) is 0 Å². The summed E-state index contributed by atoms with van der Waals surface area (Å²) in [6.07, 6.45) is 0.441. The van der Waals surface area contributed by atoms with E-state index < -0.39 is 18.0 Å². The van der Waals surface area contributed by atoms with Gasteiger partial charge in [-0.15, -0.1) is 0 Å². The Kier molecular flexibility index (Phi) is 6.91. The van der Waals surface area contributed by atoms with Crippen LogP contribution in [0.2, 0.25) is 0 Å². The number of hydrogen-bond acceptors (Lipinski definition) is 5. The molecule has 1 amide bonds. The van der Waals surface area contributed by atoms with Gasteiger partial charge in [0.05, 0.1) is 20.6 Å². The molecule has 0 aromatic carbocycles. The zero-order chi connectivity index (χ0) is 12.6. The lowest BCUT2D eigenvalue weighted by molar-refractivity contribution is -0.145. The lowest BCUT2D eigenvalue weighted by Crippen LogP contribution is -2.41. The van der Waals surface area contributed by atoms with Gasteiger partial charge in [-0.25, -0.2) is 4.79 Å². The number of carbonyl (C=O) groups excluding carboxylic acids is 3. The van der Waals surface area contributed by atoms with E-state index in [0.29, 0.717) is 6.42 Å². The maximum Gasteiger partial charge on any atom is 0.328 e. The summed E-state index contributed by atoms with van der Waals surface area (Å²) in [5, 5.41) is 2.48. The van der Waals surface area contributed by atoms with E-state index in [1.807, 2.05) is 0 Å². The molecule has 0 aliphatic heterocycles. The van der Waals surface area contributed by atoms with Gasteiger partial charge in [-0.3, -0.25) is 9.59 Å². The van der Waals surface area contributed by atoms with E-state index in [1.165, 1.54) is 14.2 Å². The maximum absolute atomic E-state index is 11.3. The van der Waals surface area contributed by atoms with Crippen molar-refractivity contribution in [2.24, 2.45) is 0 Å². The van der Waals surface area contributed by atoms with Crippen LogP contribution in [0, 0.1) is 0 Å². The van der Waals surface area contributed by atoms with Gasteiger partial charge < -0.3 is 14.8 Å². The Balaban J connectivity index is 4.01. The summed E-state index contributed by atoms with van der Waals surface area (Å²) in [5.74, 6) is -1.32. The Labute approximate surface area is 94.3 Å². The van der Waals surface area contributed by atoms with Crippen molar-refractivity contribution in [3.05, 3.63) is 0 Å². The van der Waals surface area contributed by atoms with Crippen molar-refractivity contribution in [1.29, 1.82) is 0 Å². The van der Waals surface area contributed by atoms with Crippen LogP contribution in [0.3, 0.4) is 0 Å². The van der Waals surface area contributed by atoms with Gasteiger partial charge in [0.25, 0.3) is 0 Å². The van der Waals surface area contributed by atoms with Crippen molar-refractivity contribution in [3.8, 4) is 0 Å². The number of rotatable bonds is 6. The topological polar surface area (TPSA) is 81.7 Å². The molecule has 1 atom stereocenters. The minimum Gasteiger partial charge on any atom is -0.469 e. The molecule has 6 heteroatoms. The standard InChI is InChI=1S/C10H17NO5/c1-4-7(10(14)16-3)11-8(12)5-6-9(13)15-2/h7H,4-6H2,1-3H3,(H,11,12)/t7-/m0/s1. The molecule has 0 aliphatic carbocycles. The summed E-state index contributed by atoms with van der Waals surface area (Å²) in [6.45, 7) is 1.75.